The smallest absolute Gasteiger partial charge is 0.303 e. The summed E-state index contributed by atoms with van der Waals surface area (Å²) in [4.78, 5) is 50.4. The molecule has 0 radical (unpaired) electrons. The van der Waals surface area contributed by atoms with E-state index in [4.69, 9.17) is 40.6 Å². The summed E-state index contributed by atoms with van der Waals surface area (Å²) in [5.74, 6) is -0.207. The fourth-order valence-corrected chi connectivity index (χ4v) is 7.38. The Hall–Kier alpha value is -6.42. The third kappa shape index (κ3) is 8.32. The lowest BCUT2D eigenvalue weighted by Crippen LogP contribution is -2.42. The van der Waals surface area contributed by atoms with Gasteiger partial charge < -0.3 is 33.4 Å². The lowest BCUT2D eigenvalue weighted by Gasteiger charge is -2.37. The number of esters is 2. The normalized spacial score (nSPS) is 17.7. The zero-order valence-electron chi connectivity index (χ0n) is 32.1. The molecular formula is C43H41N5O9S. The molecule has 2 N–H and O–H groups in total. The number of H-pyrrole nitrogens is 1. The number of imidazole rings is 1. The van der Waals surface area contributed by atoms with Crippen molar-refractivity contribution in [2.24, 2.45) is 0 Å². The van der Waals surface area contributed by atoms with E-state index in [1.54, 1.807) is 18.8 Å². The molecule has 0 aliphatic carbocycles. The molecule has 1 aliphatic rings. The number of anilines is 1. The Morgan fingerprint density at radius 1 is 0.793 bits per heavy atom. The number of amides is 1. The molecule has 1 aliphatic heterocycles. The average molecular weight is 804 g/mol. The molecule has 58 heavy (non-hydrogen) atoms. The van der Waals surface area contributed by atoms with E-state index in [-0.39, 0.29) is 29.5 Å². The van der Waals surface area contributed by atoms with Gasteiger partial charge in [0.2, 0.25) is 11.9 Å². The summed E-state index contributed by atoms with van der Waals surface area (Å²) in [5, 5.41) is 2.77. The maximum atomic E-state index is 13.0. The molecule has 3 heterocycles. The van der Waals surface area contributed by atoms with Crippen molar-refractivity contribution < 1.29 is 42.8 Å². The lowest BCUT2D eigenvalue weighted by atomic mass is 9.80. The number of ether oxygens (including phenoxy) is 6. The summed E-state index contributed by atoms with van der Waals surface area (Å²) in [5.41, 5.74) is 2.51. The van der Waals surface area contributed by atoms with Gasteiger partial charge in [0.05, 0.1) is 33.6 Å². The topological polar surface area (TPSA) is 165 Å². The number of hydrogen-bond donors (Lipinski definition) is 2. The van der Waals surface area contributed by atoms with Crippen LogP contribution in [0.5, 0.6) is 11.5 Å². The van der Waals surface area contributed by atoms with Crippen LogP contribution >= 0.6 is 12.2 Å². The number of fused-ring (bicyclic) bond motifs is 1. The van der Waals surface area contributed by atoms with Gasteiger partial charge in [-0.15, -0.1) is 0 Å². The monoisotopic (exact) mass is 803 g/mol. The van der Waals surface area contributed by atoms with Crippen LogP contribution in [0.15, 0.2) is 116 Å². The molecule has 0 spiro atoms. The first kappa shape index (κ1) is 39.8. The van der Waals surface area contributed by atoms with Crippen LogP contribution in [0.4, 0.5) is 5.95 Å². The lowest BCUT2D eigenvalue weighted by molar-refractivity contribution is -0.166. The molecule has 298 valence electrons. The van der Waals surface area contributed by atoms with E-state index in [0.717, 1.165) is 22.3 Å². The fraction of sp³-hybridized carbons (Fsp3) is 0.256. The zero-order valence-corrected chi connectivity index (χ0v) is 32.9. The molecule has 14 nitrogen and oxygen atoms in total. The second-order valence-electron chi connectivity index (χ2n) is 13.5. The third-order valence-electron chi connectivity index (χ3n) is 9.71. The molecule has 0 bridgehead atoms. The summed E-state index contributed by atoms with van der Waals surface area (Å²) in [6, 6.07) is 34.0. The molecule has 0 saturated carbocycles. The van der Waals surface area contributed by atoms with Gasteiger partial charge in [0.25, 0.3) is 0 Å². The van der Waals surface area contributed by atoms with Crippen LogP contribution in [0.1, 0.15) is 42.3 Å². The number of methoxy groups -OCH3 is 2. The summed E-state index contributed by atoms with van der Waals surface area (Å²) >= 11 is 5.58. The van der Waals surface area contributed by atoms with Gasteiger partial charge in [-0.3, -0.25) is 24.3 Å². The van der Waals surface area contributed by atoms with Crippen LogP contribution in [0.3, 0.4) is 0 Å². The summed E-state index contributed by atoms with van der Waals surface area (Å²) < 4.78 is 38.2. The van der Waals surface area contributed by atoms with Crippen molar-refractivity contribution in [3.05, 3.63) is 142 Å². The molecule has 0 unspecified atom stereocenters. The van der Waals surface area contributed by atoms with Crippen molar-refractivity contribution >= 4 is 47.2 Å². The Balaban J connectivity index is 1.28. The van der Waals surface area contributed by atoms with Crippen LogP contribution in [-0.4, -0.2) is 76.5 Å². The Morgan fingerprint density at radius 2 is 1.34 bits per heavy atom. The fourth-order valence-electron chi connectivity index (χ4n) is 7.14. The highest BCUT2D eigenvalue weighted by molar-refractivity contribution is 7.71. The van der Waals surface area contributed by atoms with Gasteiger partial charge in [0, 0.05) is 13.8 Å². The van der Waals surface area contributed by atoms with Gasteiger partial charge in [-0.05, 0) is 46.5 Å². The first-order valence-corrected chi connectivity index (χ1v) is 18.8. The molecule has 1 saturated heterocycles. The van der Waals surface area contributed by atoms with Crippen LogP contribution in [-0.2, 0) is 45.4 Å². The highest BCUT2D eigenvalue weighted by Crippen LogP contribution is 2.44. The standard InChI is InChI=1S/C43H41N5O9S/c1-26(49)55-37-34(24-54-43(29-13-9-6-10-14-29,30-15-19-32(52-3)20-16-30)31-17-21-33(53-4)22-18-31)57-41(38(37)56-27(2)50)48-25-44-36-39(48)46-42(47-40(36)58)45-35(51)23-28-11-7-5-8-12-28/h5-22,25,34,37-38,41H,23-24H2,1-4H3,(H2,45,46,47,51,58)/t34-,37-,38-,41-/m1/s1. The number of hydrogen-bond acceptors (Lipinski definition) is 12. The molecule has 1 amide bonds. The largest absolute Gasteiger partial charge is 0.497 e. The van der Waals surface area contributed by atoms with Gasteiger partial charge in [-0.1, -0.05) is 97.1 Å². The minimum atomic E-state index is -1.25. The first-order valence-electron chi connectivity index (χ1n) is 18.4. The van der Waals surface area contributed by atoms with E-state index in [0.29, 0.717) is 22.7 Å². The maximum absolute atomic E-state index is 13.0. The minimum Gasteiger partial charge on any atom is -0.497 e. The first-order chi connectivity index (χ1) is 28.1. The summed E-state index contributed by atoms with van der Waals surface area (Å²) in [6.07, 6.45) is -2.87. The molecule has 4 aromatic carbocycles. The number of nitrogens with one attached hydrogen (secondary N) is 2. The molecule has 15 heteroatoms. The van der Waals surface area contributed by atoms with Crippen molar-refractivity contribution in [1.29, 1.82) is 0 Å². The average Bonchev–Trinajstić information content (AvgIpc) is 3.79. The highest BCUT2D eigenvalue weighted by Gasteiger charge is 2.52. The van der Waals surface area contributed by atoms with Gasteiger partial charge in [-0.2, -0.15) is 0 Å². The van der Waals surface area contributed by atoms with Crippen LogP contribution < -0.4 is 14.8 Å². The van der Waals surface area contributed by atoms with E-state index in [1.165, 1.54) is 20.2 Å². The second kappa shape index (κ2) is 17.4. The maximum Gasteiger partial charge on any atom is 0.303 e. The minimum absolute atomic E-state index is 0.0743. The quantitative estimate of drug-likeness (QED) is 0.0703. The van der Waals surface area contributed by atoms with Crippen LogP contribution in [0, 0.1) is 4.64 Å². The predicted octanol–water partition coefficient (Wildman–Crippen LogP) is 6.46. The van der Waals surface area contributed by atoms with Crippen molar-refractivity contribution in [1.82, 2.24) is 19.5 Å². The van der Waals surface area contributed by atoms with Gasteiger partial charge in [0.1, 0.15) is 34.4 Å². The summed E-state index contributed by atoms with van der Waals surface area (Å²) in [7, 11) is 3.19. The number of benzene rings is 4. The van der Waals surface area contributed by atoms with E-state index in [2.05, 4.69) is 20.3 Å². The number of nitrogens with zero attached hydrogens (tertiary/aromatic N) is 3. The van der Waals surface area contributed by atoms with Gasteiger partial charge in [0.15, 0.2) is 23.1 Å². The van der Waals surface area contributed by atoms with Crippen LogP contribution in [0.25, 0.3) is 11.2 Å². The van der Waals surface area contributed by atoms with E-state index >= 15 is 0 Å². The third-order valence-corrected chi connectivity index (χ3v) is 10.00. The molecule has 4 atom stereocenters. The summed E-state index contributed by atoms with van der Waals surface area (Å²) in [6.45, 7) is 2.35. The van der Waals surface area contributed by atoms with Crippen LogP contribution in [0.2, 0.25) is 0 Å². The second-order valence-corrected chi connectivity index (χ2v) is 13.9. The van der Waals surface area contributed by atoms with Crippen molar-refractivity contribution in [2.75, 3.05) is 26.1 Å². The predicted molar refractivity (Wildman–Crippen MR) is 215 cm³/mol. The highest BCUT2D eigenvalue weighted by atomic mass is 32.1. The number of aromatic amines is 1. The van der Waals surface area contributed by atoms with E-state index in [1.807, 2.05) is 109 Å². The molecule has 1 fully saturated rings. The molecule has 6 aromatic rings. The Kier molecular flexibility index (Phi) is 11.9. The number of carbonyl (C=O) groups is 3. The number of carbonyl (C=O) groups excluding carboxylic acids is 3. The van der Waals surface area contributed by atoms with Gasteiger partial charge in [-0.25, -0.2) is 9.97 Å². The SMILES string of the molecule is COc1ccc(C(OC[C@H]2O[C@@H](n3cnc4c(=S)nc(NC(=O)Cc5ccccc5)[nH]c43)[C@H](OC(C)=O)[C@@H]2OC(C)=O)(c2ccccc2)c2ccc(OC)cc2)cc1. The molecule has 2 aromatic heterocycles. The zero-order chi connectivity index (χ0) is 40.8. The van der Waals surface area contributed by atoms with Crippen molar-refractivity contribution in [3.8, 4) is 11.5 Å². The van der Waals surface area contributed by atoms with E-state index in [9.17, 15) is 14.4 Å². The number of rotatable bonds is 14. The molecule has 7 rings (SSSR count). The van der Waals surface area contributed by atoms with Gasteiger partial charge >= 0.3 is 11.9 Å². The Morgan fingerprint density at radius 3 is 1.91 bits per heavy atom. The number of aromatic nitrogens is 4. The Bertz CT molecular complexity index is 2390. The van der Waals surface area contributed by atoms with Crippen molar-refractivity contribution in [2.45, 2.75) is 50.4 Å². The molecular weight excluding hydrogens is 763 g/mol. The Labute approximate surface area is 339 Å². The van der Waals surface area contributed by atoms with E-state index < -0.39 is 42.1 Å². The van der Waals surface area contributed by atoms with Crippen molar-refractivity contribution in [3.63, 3.8) is 0 Å².